The fraction of sp³-hybridized carbons (Fsp3) is 0.622. The summed E-state index contributed by atoms with van der Waals surface area (Å²) in [5.74, 6) is -1.06. The minimum atomic E-state index is -1.07. The highest BCUT2D eigenvalue weighted by Crippen LogP contribution is 2.39. The molecule has 0 unspecified atom stereocenters. The van der Waals surface area contributed by atoms with Crippen LogP contribution in [0.1, 0.15) is 84.3 Å². The number of piperidine rings is 2. The summed E-state index contributed by atoms with van der Waals surface area (Å²) in [7, 11) is 3.02. The zero-order valence-corrected chi connectivity index (χ0v) is 38.0. The van der Waals surface area contributed by atoms with E-state index in [2.05, 4.69) is 10.6 Å². The molecule has 4 heterocycles. The van der Waals surface area contributed by atoms with Crippen LogP contribution in [0, 0.1) is 10.8 Å². The predicted octanol–water partition coefficient (Wildman–Crippen LogP) is 6.39. The number of carboxylic acids is 1. The van der Waals surface area contributed by atoms with E-state index in [1.165, 1.54) is 38.1 Å². The topological polar surface area (TPSA) is 170 Å². The molecule has 0 saturated carbocycles. The number of hydrogen-bond donors (Lipinski definition) is 3. The molecule has 2 aromatic carbocycles. The van der Waals surface area contributed by atoms with E-state index in [-0.39, 0.29) is 43.2 Å². The number of halogens is 1. The Morgan fingerprint density at radius 2 is 1.13 bits per heavy atom. The molecule has 2 spiro atoms. The molecule has 61 heavy (non-hydrogen) atoms. The zero-order valence-electron chi connectivity index (χ0n) is 37.2. The number of ether oxygens (including phenoxy) is 3. The molecule has 6 rings (SSSR count). The van der Waals surface area contributed by atoms with Gasteiger partial charge in [0.05, 0.1) is 0 Å². The third-order valence-electron chi connectivity index (χ3n) is 12.1. The van der Waals surface area contributed by atoms with Crippen molar-refractivity contribution in [3.63, 3.8) is 0 Å². The van der Waals surface area contributed by atoms with Crippen molar-refractivity contribution in [1.82, 2.24) is 30.2 Å². The highest BCUT2D eigenvalue weighted by Gasteiger charge is 2.42. The first-order chi connectivity index (χ1) is 28.4. The molecule has 2 atom stereocenters. The SMILES string of the molecule is CC(C)(C)OC(=O)N1CCC2(CCNCC2)C1.C[C@H](C(=O)N1CCC2(CCNC2)CC1)N(C)C(=O)OCc1ccccc1.C[C@H](C(=O)O)N(C)C(=O)OCc1ccccc1.Cl. The molecule has 3 N–H and O–H groups in total. The van der Waals surface area contributed by atoms with E-state index in [1.54, 1.807) is 14.0 Å². The van der Waals surface area contributed by atoms with E-state index in [1.807, 2.05) is 91.2 Å². The van der Waals surface area contributed by atoms with Gasteiger partial charge in [-0.2, -0.15) is 0 Å². The van der Waals surface area contributed by atoms with Gasteiger partial charge in [0.1, 0.15) is 30.9 Å². The number of hydrogen-bond acceptors (Lipinski definition) is 10. The monoisotopic (exact) mass is 872 g/mol. The average molecular weight is 874 g/mol. The molecule has 0 aromatic heterocycles. The van der Waals surface area contributed by atoms with Crippen LogP contribution in [0.15, 0.2) is 60.7 Å². The summed E-state index contributed by atoms with van der Waals surface area (Å²) in [5, 5.41) is 15.6. The maximum absolute atomic E-state index is 12.8. The van der Waals surface area contributed by atoms with E-state index in [0.29, 0.717) is 10.8 Å². The van der Waals surface area contributed by atoms with E-state index < -0.39 is 30.2 Å². The van der Waals surface area contributed by atoms with Gasteiger partial charge in [-0.3, -0.25) is 14.6 Å². The summed E-state index contributed by atoms with van der Waals surface area (Å²) in [6.45, 7) is 16.9. The van der Waals surface area contributed by atoms with Crippen molar-refractivity contribution in [1.29, 1.82) is 0 Å². The maximum Gasteiger partial charge on any atom is 0.410 e. The number of rotatable bonds is 8. The Kier molecular flexibility index (Phi) is 19.6. The van der Waals surface area contributed by atoms with Gasteiger partial charge in [-0.25, -0.2) is 19.2 Å². The summed E-state index contributed by atoms with van der Waals surface area (Å²) in [6, 6.07) is 17.3. The number of benzene rings is 2. The predicted molar refractivity (Wildman–Crippen MR) is 235 cm³/mol. The second-order valence-corrected chi connectivity index (χ2v) is 17.6. The first-order valence-corrected chi connectivity index (χ1v) is 21.2. The lowest BCUT2D eigenvalue weighted by molar-refractivity contribution is -0.141. The van der Waals surface area contributed by atoms with Gasteiger partial charge in [0.2, 0.25) is 5.91 Å². The molecule has 4 saturated heterocycles. The van der Waals surface area contributed by atoms with Crippen molar-refractivity contribution in [2.45, 2.75) is 104 Å². The molecule has 0 aliphatic carbocycles. The average Bonchev–Trinajstić information content (AvgIpc) is 3.88. The van der Waals surface area contributed by atoms with Crippen LogP contribution in [0.4, 0.5) is 14.4 Å². The standard InChI is InChI=1S/C20H29N3O3.C13H24N2O2.C12H15NO4.ClH/c1-16(22(2)19(25)26-14-17-6-4-3-5-7-17)18(24)23-12-9-20(10-13-23)8-11-21-15-20;1-12(2,3)17-11(16)15-9-6-13(10-15)4-7-14-8-5-13;1-9(11(14)15)13(2)12(16)17-8-10-6-4-3-5-7-10;/h3-7,16,21H,8-15H2,1-2H3;14H,4-10H2,1-3H3;3-7,9H,8H2,1-2H3,(H,14,15);1H/t16-;;9-;/m1.1./s1. The highest BCUT2D eigenvalue weighted by molar-refractivity contribution is 5.86. The molecular weight excluding hydrogens is 804 g/mol. The molecule has 16 heteroatoms. The van der Waals surface area contributed by atoms with Gasteiger partial charge in [-0.05, 0) is 115 Å². The van der Waals surface area contributed by atoms with Crippen molar-refractivity contribution in [3.8, 4) is 0 Å². The molecule has 4 fully saturated rings. The summed E-state index contributed by atoms with van der Waals surface area (Å²) in [4.78, 5) is 65.4. The van der Waals surface area contributed by atoms with Gasteiger partial charge in [0.15, 0.2) is 0 Å². The second-order valence-electron chi connectivity index (χ2n) is 17.6. The zero-order chi connectivity index (χ0) is 43.9. The van der Waals surface area contributed by atoms with Crippen LogP contribution in [-0.2, 0) is 37.0 Å². The lowest BCUT2D eigenvalue weighted by atomic mass is 9.78. The number of aliphatic carboxylic acids is 1. The quantitative estimate of drug-likeness (QED) is 0.251. The van der Waals surface area contributed by atoms with E-state index in [0.717, 1.165) is 87.6 Å². The van der Waals surface area contributed by atoms with E-state index in [4.69, 9.17) is 19.3 Å². The lowest BCUT2D eigenvalue weighted by Gasteiger charge is -2.40. The van der Waals surface area contributed by atoms with Crippen molar-refractivity contribution in [3.05, 3.63) is 71.8 Å². The van der Waals surface area contributed by atoms with Crippen molar-refractivity contribution >= 4 is 42.6 Å². The second kappa shape index (κ2) is 23.6. The number of carboxylic acid groups (broad SMARTS) is 1. The Balaban J connectivity index is 0.000000251. The molecule has 2 aromatic rings. The Labute approximate surface area is 368 Å². The van der Waals surface area contributed by atoms with Crippen LogP contribution >= 0.6 is 12.4 Å². The minimum Gasteiger partial charge on any atom is -0.480 e. The van der Waals surface area contributed by atoms with Crippen LogP contribution in [0.2, 0.25) is 0 Å². The largest absolute Gasteiger partial charge is 0.480 e. The maximum atomic E-state index is 12.8. The normalized spacial score (nSPS) is 18.5. The van der Waals surface area contributed by atoms with Gasteiger partial charge in [-0.15, -0.1) is 12.4 Å². The first kappa shape index (κ1) is 50.8. The van der Waals surface area contributed by atoms with Gasteiger partial charge in [-0.1, -0.05) is 60.7 Å². The number of carbonyl (C=O) groups is 5. The molecule has 15 nitrogen and oxygen atoms in total. The molecule has 4 aliphatic heterocycles. The highest BCUT2D eigenvalue weighted by atomic mass is 35.5. The van der Waals surface area contributed by atoms with Crippen LogP contribution in [0.5, 0.6) is 0 Å². The number of nitrogens with zero attached hydrogens (tertiary/aromatic N) is 4. The van der Waals surface area contributed by atoms with Gasteiger partial charge in [0, 0.05) is 46.8 Å². The molecule has 340 valence electrons. The van der Waals surface area contributed by atoms with Crippen LogP contribution in [-0.4, -0.2) is 139 Å². The van der Waals surface area contributed by atoms with Crippen LogP contribution in [0.3, 0.4) is 0 Å². The summed E-state index contributed by atoms with van der Waals surface area (Å²) in [6.07, 6.45) is 5.53. The van der Waals surface area contributed by atoms with Crippen LogP contribution < -0.4 is 10.6 Å². The summed E-state index contributed by atoms with van der Waals surface area (Å²) >= 11 is 0. The molecule has 0 bridgehead atoms. The van der Waals surface area contributed by atoms with Gasteiger partial charge in [0.25, 0.3) is 0 Å². The molecule has 4 amide bonds. The fourth-order valence-electron chi connectivity index (χ4n) is 7.76. The van der Waals surface area contributed by atoms with Crippen LogP contribution in [0.25, 0.3) is 0 Å². The number of carbonyl (C=O) groups excluding carboxylic acids is 4. The van der Waals surface area contributed by atoms with Crippen molar-refractivity contribution < 1.29 is 43.3 Å². The Morgan fingerprint density at radius 1 is 0.689 bits per heavy atom. The van der Waals surface area contributed by atoms with E-state index >= 15 is 0 Å². The molecule has 4 aliphatic rings. The molecule has 0 radical (unpaired) electrons. The third-order valence-corrected chi connectivity index (χ3v) is 12.1. The molecular formula is C45H69ClN6O9. The first-order valence-electron chi connectivity index (χ1n) is 21.2. The number of likely N-dealkylation sites (N-methyl/N-ethyl adjacent to an activating group) is 2. The number of likely N-dealkylation sites (tertiary alicyclic amines) is 2. The fourth-order valence-corrected chi connectivity index (χ4v) is 7.76. The van der Waals surface area contributed by atoms with Crippen molar-refractivity contribution in [2.24, 2.45) is 10.8 Å². The Hall–Kier alpha value is -4.60. The van der Waals surface area contributed by atoms with E-state index in [9.17, 15) is 24.0 Å². The smallest absolute Gasteiger partial charge is 0.410 e. The van der Waals surface area contributed by atoms with Gasteiger partial charge < -0.3 is 39.8 Å². The summed E-state index contributed by atoms with van der Waals surface area (Å²) < 4.78 is 15.7. The lowest BCUT2D eigenvalue weighted by Crippen LogP contribution is -2.51. The van der Waals surface area contributed by atoms with Crippen molar-refractivity contribution in [2.75, 3.05) is 66.5 Å². The van der Waals surface area contributed by atoms with Gasteiger partial charge >= 0.3 is 24.2 Å². The third kappa shape index (κ3) is 15.7. The Bertz CT molecular complexity index is 1690. The Morgan fingerprint density at radius 3 is 1.59 bits per heavy atom. The number of amides is 4. The summed E-state index contributed by atoms with van der Waals surface area (Å²) in [5.41, 5.74) is 2.14. The minimum absolute atomic E-state index is 0. The number of nitrogens with one attached hydrogen (secondary N) is 2.